The number of hydrogen-bond acceptors (Lipinski definition) is 4. The van der Waals surface area contributed by atoms with Crippen molar-refractivity contribution in [3.05, 3.63) is 18.9 Å². The molecule has 0 fully saturated rings. The maximum Gasteiger partial charge on any atom is 0.223 e. The molecule has 0 aromatic carbocycles. The summed E-state index contributed by atoms with van der Waals surface area (Å²) in [7, 11) is 0. The van der Waals surface area contributed by atoms with E-state index in [0.717, 1.165) is 9.96 Å². The molecule has 0 radical (unpaired) electrons. The molecule has 0 unspecified atom stereocenters. The van der Waals surface area contributed by atoms with Crippen LogP contribution in [0, 0.1) is 0 Å². The molecule has 13 heavy (non-hydrogen) atoms. The molecule has 1 aromatic rings. The van der Waals surface area contributed by atoms with Crippen molar-refractivity contribution in [2.75, 3.05) is 11.1 Å². The van der Waals surface area contributed by atoms with Crippen molar-refractivity contribution in [1.29, 1.82) is 0 Å². The summed E-state index contributed by atoms with van der Waals surface area (Å²) in [5, 5.41) is 3.28. The maximum atomic E-state index is 10.7. The molecule has 0 atom stereocenters. The summed E-state index contributed by atoms with van der Waals surface area (Å²) in [5.41, 5.74) is 0. The molecule has 70 valence electrons. The highest BCUT2D eigenvalue weighted by molar-refractivity contribution is 8.01. The van der Waals surface area contributed by atoms with E-state index in [4.69, 9.17) is 0 Å². The van der Waals surface area contributed by atoms with E-state index in [0.29, 0.717) is 5.13 Å². The van der Waals surface area contributed by atoms with Crippen LogP contribution < -0.4 is 5.32 Å². The number of carbonyl (C=O) groups is 1. The van der Waals surface area contributed by atoms with E-state index >= 15 is 0 Å². The SMILES string of the molecule is C=CCSc1cnc(NC(C)=O)s1. The first-order valence-corrected chi connectivity index (χ1v) is 5.49. The number of anilines is 1. The quantitative estimate of drug-likeness (QED) is 0.618. The zero-order valence-corrected chi connectivity index (χ0v) is 8.87. The number of carbonyl (C=O) groups excluding carboxylic acids is 1. The van der Waals surface area contributed by atoms with E-state index in [-0.39, 0.29) is 5.91 Å². The summed E-state index contributed by atoms with van der Waals surface area (Å²) >= 11 is 3.13. The van der Waals surface area contributed by atoms with Gasteiger partial charge in [-0.05, 0) is 0 Å². The number of thioether (sulfide) groups is 1. The van der Waals surface area contributed by atoms with Crippen molar-refractivity contribution in [2.45, 2.75) is 11.1 Å². The van der Waals surface area contributed by atoms with Crippen LogP contribution >= 0.6 is 23.1 Å². The van der Waals surface area contributed by atoms with Gasteiger partial charge in [0.25, 0.3) is 0 Å². The minimum Gasteiger partial charge on any atom is -0.302 e. The van der Waals surface area contributed by atoms with E-state index in [9.17, 15) is 4.79 Å². The number of amides is 1. The van der Waals surface area contributed by atoms with E-state index in [2.05, 4.69) is 16.9 Å². The Balaban J connectivity index is 2.53. The molecule has 0 aliphatic rings. The largest absolute Gasteiger partial charge is 0.302 e. The lowest BCUT2D eigenvalue weighted by Gasteiger charge is -1.92. The number of thiazole rings is 1. The van der Waals surface area contributed by atoms with Gasteiger partial charge in [-0.25, -0.2) is 4.98 Å². The lowest BCUT2D eigenvalue weighted by molar-refractivity contribution is -0.114. The van der Waals surface area contributed by atoms with Crippen LogP contribution in [-0.4, -0.2) is 16.6 Å². The van der Waals surface area contributed by atoms with Gasteiger partial charge in [0.2, 0.25) is 5.91 Å². The molecule has 5 heteroatoms. The molecule has 1 aromatic heterocycles. The first-order chi connectivity index (χ1) is 6.22. The van der Waals surface area contributed by atoms with Crippen molar-refractivity contribution >= 4 is 34.1 Å². The van der Waals surface area contributed by atoms with Gasteiger partial charge in [0, 0.05) is 12.7 Å². The van der Waals surface area contributed by atoms with Gasteiger partial charge >= 0.3 is 0 Å². The summed E-state index contributed by atoms with van der Waals surface area (Å²) in [6, 6.07) is 0. The van der Waals surface area contributed by atoms with Gasteiger partial charge in [-0.15, -0.1) is 18.3 Å². The van der Waals surface area contributed by atoms with Gasteiger partial charge in [-0.2, -0.15) is 0 Å². The highest BCUT2D eigenvalue weighted by Gasteiger charge is 2.02. The lowest BCUT2D eigenvalue weighted by Crippen LogP contribution is -2.04. The summed E-state index contributed by atoms with van der Waals surface area (Å²) < 4.78 is 1.09. The number of aromatic nitrogens is 1. The van der Waals surface area contributed by atoms with E-state index in [1.807, 2.05) is 6.08 Å². The molecule has 0 saturated heterocycles. The standard InChI is InChI=1S/C8H10N2OS2/c1-3-4-12-7-5-9-8(13-7)10-6(2)11/h3,5H,1,4H2,2H3,(H,9,10,11). The van der Waals surface area contributed by atoms with Crippen LogP contribution in [0.15, 0.2) is 23.1 Å². The smallest absolute Gasteiger partial charge is 0.223 e. The van der Waals surface area contributed by atoms with Crippen LogP contribution in [0.5, 0.6) is 0 Å². The van der Waals surface area contributed by atoms with Gasteiger partial charge in [-0.3, -0.25) is 4.79 Å². The second kappa shape index (κ2) is 5.04. The van der Waals surface area contributed by atoms with Crippen molar-refractivity contribution in [3.63, 3.8) is 0 Å². The molecule has 0 aliphatic heterocycles. The summed E-state index contributed by atoms with van der Waals surface area (Å²) in [6.07, 6.45) is 3.59. The molecule has 0 saturated carbocycles. The van der Waals surface area contributed by atoms with Crippen molar-refractivity contribution in [3.8, 4) is 0 Å². The monoisotopic (exact) mass is 214 g/mol. The molecule has 1 rings (SSSR count). The van der Waals surface area contributed by atoms with Gasteiger partial charge in [-0.1, -0.05) is 17.4 Å². The van der Waals surface area contributed by atoms with Gasteiger partial charge in [0.05, 0.1) is 10.4 Å². The van der Waals surface area contributed by atoms with Crippen LogP contribution in [0.2, 0.25) is 0 Å². The van der Waals surface area contributed by atoms with Crippen LogP contribution in [-0.2, 0) is 4.79 Å². The minimum atomic E-state index is -0.0883. The molecule has 0 spiro atoms. The highest BCUT2D eigenvalue weighted by atomic mass is 32.2. The molecule has 3 nitrogen and oxygen atoms in total. The zero-order chi connectivity index (χ0) is 9.68. The molecule has 1 heterocycles. The van der Waals surface area contributed by atoms with Crippen LogP contribution in [0.3, 0.4) is 0 Å². The summed E-state index contributed by atoms with van der Waals surface area (Å²) in [6.45, 7) is 5.09. The Kier molecular flexibility index (Phi) is 3.98. The van der Waals surface area contributed by atoms with Gasteiger partial charge < -0.3 is 5.32 Å². The van der Waals surface area contributed by atoms with Crippen LogP contribution in [0.1, 0.15) is 6.92 Å². The molecule has 0 aliphatic carbocycles. The van der Waals surface area contributed by atoms with Crippen LogP contribution in [0.25, 0.3) is 0 Å². The minimum absolute atomic E-state index is 0.0883. The third-order valence-electron chi connectivity index (χ3n) is 1.11. The summed E-state index contributed by atoms with van der Waals surface area (Å²) in [5.74, 6) is 0.774. The lowest BCUT2D eigenvalue weighted by atomic mass is 10.7. The number of nitrogens with one attached hydrogen (secondary N) is 1. The maximum absolute atomic E-state index is 10.7. The Labute approximate surface area is 85.3 Å². The number of rotatable bonds is 4. The predicted octanol–water partition coefficient (Wildman–Crippen LogP) is 2.38. The third kappa shape index (κ3) is 3.61. The Bertz CT molecular complexity index is 309. The molecule has 1 amide bonds. The molecule has 0 bridgehead atoms. The third-order valence-corrected chi connectivity index (χ3v) is 3.21. The highest BCUT2D eigenvalue weighted by Crippen LogP contribution is 2.27. The Morgan fingerprint density at radius 2 is 2.69 bits per heavy atom. The van der Waals surface area contributed by atoms with E-state index in [1.54, 1.807) is 18.0 Å². The fourth-order valence-electron chi connectivity index (χ4n) is 0.675. The molecular formula is C8H10N2OS2. The molecular weight excluding hydrogens is 204 g/mol. The second-order valence-electron chi connectivity index (χ2n) is 2.27. The first-order valence-electron chi connectivity index (χ1n) is 3.69. The normalized spacial score (nSPS) is 9.62. The van der Waals surface area contributed by atoms with E-state index < -0.39 is 0 Å². The van der Waals surface area contributed by atoms with Gasteiger partial charge in [0.15, 0.2) is 5.13 Å². The molecule has 1 N–H and O–H groups in total. The Morgan fingerprint density at radius 1 is 1.92 bits per heavy atom. The Hall–Kier alpha value is -0.810. The van der Waals surface area contributed by atoms with Crippen molar-refractivity contribution in [1.82, 2.24) is 4.98 Å². The predicted molar refractivity (Wildman–Crippen MR) is 57.3 cm³/mol. The topological polar surface area (TPSA) is 42.0 Å². The summed E-state index contributed by atoms with van der Waals surface area (Å²) in [4.78, 5) is 14.7. The van der Waals surface area contributed by atoms with Gasteiger partial charge in [0.1, 0.15) is 0 Å². The second-order valence-corrected chi connectivity index (χ2v) is 4.62. The fraction of sp³-hybridized carbons (Fsp3) is 0.250. The van der Waals surface area contributed by atoms with Crippen LogP contribution in [0.4, 0.5) is 5.13 Å². The number of nitrogens with zero attached hydrogens (tertiary/aromatic N) is 1. The zero-order valence-electron chi connectivity index (χ0n) is 7.24. The van der Waals surface area contributed by atoms with Crippen molar-refractivity contribution in [2.24, 2.45) is 0 Å². The Morgan fingerprint density at radius 3 is 3.31 bits per heavy atom. The van der Waals surface area contributed by atoms with E-state index in [1.165, 1.54) is 18.3 Å². The average molecular weight is 214 g/mol. The first kappa shape index (κ1) is 10.3. The average Bonchev–Trinajstić information content (AvgIpc) is 2.48. The number of hydrogen-bond donors (Lipinski definition) is 1. The fourth-order valence-corrected chi connectivity index (χ4v) is 2.36. The van der Waals surface area contributed by atoms with Crippen molar-refractivity contribution < 1.29 is 4.79 Å².